The van der Waals surface area contributed by atoms with E-state index in [1.807, 2.05) is 19.1 Å². The van der Waals surface area contributed by atoms with Gasteiger partial charge in [0.2, 0.25) is 5.91 Å². The predicted molar refractivity (Wildman–Crippen MR) is 99.4 cm³/mol. The van der Waals surface area contributed by atoms with Crippen molar-refractivity contribution in [3.63, 3.8) is 0 Å². The van der Waals surface area contributed by atoms with Gasteiger partial charge in [-0.1, -0.05) is 19.1 Å². The molecule has 0 aromatic heterocycles. The van der Waals surface area contributed by atoms with Crippen LogP contribution >= 0.6 is 0 Å². The van der Waals surface area contributed by atoms with Gasteiger partial charge in [-0.25, -0.2) is 0 Å². The van der Waals surface area contributed by atoms with E-state index in [4.69, 9.17) is 9.84 Å². The summed E-state index contributed by atoms with van der Waals surface area (Å²) in [5, 5.41) is 11.7. The Balaban J connectivity index is 1.82. The fourth-order valence-corrected chi connectivity index (χ4v) is 2.90. The topological polar surface area (TPSA) is 99.2 Å². The molecular weight excluding hydrogens is 350 g/mol. The Morgan fingerprint density at radius 3 is 2.41 bits per heavy atom. The third-order valence-corrected chi connectivity index (χ3v) is 4.25. The van der Waals surface area contributed by atoms with Crippen LogP contribution in [0.3, 0.4) is 0 Å². The molecule has 0 spiro atoms. The van der Waals surface area contributed by atoms with Gasteiger partial charge < -0.3 is 20.1 Å². The lowest BCUT2D eigenvalue weighted by atomic mass is 10.1. The zero-order chi connectivity index (χ0) is 19.6. The van der Waals surface area contributed by atoms with E-state index >= 15 is 0 Å². The van der Waals surface area contributed by atoms with Crippen LogP contribution in [0.2, 0.25) is 0 Å². The minimum absolute atomic E-state index is 0.0160. The number of nitrogens with zero attached hydrogens (tertiary/aromatic N) is 2. The van der Waals surface area contributed by atoms with Crippen LogP contribution in [-0.4, -0.2) is 78.6 Å². The quantitative estimate of drug-likeness (QED) is 0.653. The molecule has 0 radical (unpaired) electrons. The normalized spacial score (nSPS) is 14.2. The van der Waals surface area contributed by atoms with E-state index < -0.39 is 5.97 Å². The van der Waals surface area contributed by atoms with Gasteiger partial charge >= 0.3 is 5.97 Å². The Bertz CT molecular complexity index is 641. The van der Waals surface area contributed by atoms with Gasteiger partial charge in [-0.3, -0.25) is 19.3 Å². The summed E-state index contributed by atoms with van der Waals surface area (Å²) in [7, 11) is 0. The van der Waals surface area contributed by atoms with Gasteiger partial charge in [-0.05, 0) is 30.7 Å². The number of nitrogens with one attached hydrogen (secondary N) is 1. The molecular formula is C19H27N3O5. The second-order valence-corrected chi connectivity index (χ2v) is 6.48. The van der Waals surface area contributed by atoms with E-state index in [2.05, 4.69) is 5.32 Å². The summed E-state index contributed by atoms with van der Waals surface area (Å²) >= 11 is 0. The number of morpholine rings is 1. The van der Waals surface area contributed by atoms with E-state index in [1.54, 1.807) is 21.9 Å². The molecule has 2 amide bonds. The number of rotatable bonds is 9. The first-order chi connectivity index (χ1) is 13.0. The highest BCUT2D eigenvalue weighted by Crippen LogP contribution is 2.09. The number of amides is 2. The van der Waals surface area contributed by atoms with Crippen molar-refractivity contribution in [1.29, 1.82) is 0 Å². The summed E-state index contributed by atoms with van der Waals surface area (Å²) in [4.78, 5) is 38.6. The maximum atomic E-state index is 12.4. The molecule has 1 heterocycles. The van der Waals surface area contributed by atoms with Crippen molar-refractivity contribution in [3.8, 4) is 0 Å². The molecule has 1 aliphatic rings. The molecule has 0 atom stereocenters. The molecule has 0 aliphatic carbocycles. The summed E-state index contributed by atoms with van der Waals surface area (Å²) in [6.07, 6.45) is 0.777. The Hall–Kier alpha value is -2.45. The zero-order valence-electron chi connectivity index (χ0n) is 15.6. The van der Waals surface area contributed by atoms with Crippen molar-refractivity contribution in [2.45, 2.75) is 19.9 Å². The molecule has 1 aromatic carbocycles. The van der Waals surface area contributed by atoms with E-state index in [-0.39, 0.29) is 24.9 Å². The molecule has 2 rings (SSSR count). The molecule has 0 saturated carbocycles. The number of ether oxygens (including phenoxy) is 1. The maximum absolute atomic E-state index is 12.4. The molecule has 2 N–H and O–H groups in total. The highest BCUT2D eigenvalue weighted by atomic mass is 16.5. The molecule has 8 nitrogen and oxygen atoms in total. The fourth-order valence-electron chi connectivity index (χ4n) is 2.90. The van der Waals surface area contributed by atoms with Crippen molar-refractivity contribution in [1.82, 2.24) is 15.1 Å². The van der Waals surface area contributed by atoms with E-state index in [0.29, 0.717) is 45.0 Å². The minimum atomic E-state index is -0.947. The van der Waals surface area contributed by atoms with Crippen LogP contribution in [-0.2, 0) is 20.9 Å². The second-order valence-electron chi connectivity index (χ2n) is 6.48. The lowest BCUT2D eigenvalue weighted by molar-refractivity contribution is -0.138. The molecule has 1 saturated heterocycles. The van der Waals surface area contributed by atoms with Crippen LogP contribution in [0.1, 0.15) is 29.3 Å². The monoisotopic (exact) mass is 377 g/mol. The minimum Gasteiger partial charge on any atom is -0.480 e. The van der Waals surface area contributed by atoms with Gasteiger partial charge in [-0.2, -0.15) is 0 Å². The van der Waals surface area contributed by atoms with E-state index in [9.17, 15) is 14.4 Å². The Morgan fingerprint density at radius 2 is 1.81 bits per heavy atom. The van der Waals surface area contributed by atoms with Gasteiger partial charge in [0.05, 0.1) is 26.3 Å². The fraction of sp³-hybridized carbons (Fsp3) is 0.526. The summed E-state index contributed by atoms with van der Waals surface area (Å²) in [5.74, 6) is -1.19. The number of carboxylic acids is 1. The molecule has 148 valence electrons. The predicted octanol–water partition coefficient (Wildman–Crippen LogP) is 0.572. The third kappa shape index (κ3) is 6.99. The van der Waals surface area contributed by atoms with Crippen molar-refractivity contribution >= 4 is 17.8 Å². The van der Waals surface area contributed by atoms with E-state index in [0.717, 1.165) is 12.0 Å². The molecule has 0 bridgehead atoms. The highest BCUT2D eigenvalue weighted by Gasteiger charge is 2.18. The molecule has 1 aromatic rings. The lowest BCUT2D eigenvalue weighted by Gasteiger charge is -2.26. The van der Waals surface area contributed by atoms with Gasteiger partial charge in [0.15, 0.2) is 0 Å². The Labute approximate surface area is 159 Å². The SMILES string of the molecule is CCCN(CC(=O)O)CC(=O)NCc1ccc(C(=O)N2CCOCC2)cc1. The Morgan fingerprint density at radius 1 is 1.15 bits per heavy atom. The second kappa shape index (κ2) is 10.6. The van der Waals surface area contributed by atoms with Crippen molar-refractivity contribution in [2.75, 3.05) is 45.9 Å². The number of benzene rings is 1. The first kappa shape index (κ1) is 20.9. The molecule has 1 aliphatic heterocycles. The molecule has 8 heteroatoms. The van der Waals surface area contributed by atoms with Gasteiger partial charge in [0.25, 0.3) is 5.91 Å². The summed E-state index contributed by atoms with van der Waals surface area (Å²) in [6.45, 7) is 5.04. The van der Waals surface area contributed by atoms with E-state index in [1.165, 1.54) is 0 Å². The first-order valence-electron chi connectivity index (χ1n) is 9.16. The summed E-state index contributed by atoms with van der Waals surface area (Å²) in [5.41, 5.74) is 1.49. The number of carbonyl (C=O) groups is 3. The Kier molecular flexibility index (Phi) is 8.22. The summed E-state index contributed by atoms with van der Waals surface area (Å²) < 4.78 is 5.25. The van der Waals surface area contributed by atoms with Crippen LogP contribution in [0.15, 0.2) is 24.3 Å². The van der Waals surface area contributed by atoms with Crippen molar-refractivity contribution < 1.29 is 24.2 Å². The van der Waals surface area contributed by atoms with Gasteiger partial charge in [0.1, 0.15) is 0 Å². The number of hydrogen-bond acceptors (Lipinski definition) is 5. The maximum Gasteiger partial charge on any atom is 0.317 e. The van der Waals surface area contributed by atoms with Crippen LogP contribution < -0.4 is 5.32 Å². The van der Waals surface area contributed by atoms with Crippen molar-refractivity contribution in [2.24, 2.45) is 0 Å². The molecule has 27 heavy (non-hydrogen) atoms. The molecule has 1 fully saturated rings. The smallest absolute Gasteiger partial charge is 0.317 e. The highest BCUT2D eigenvalue weighted by molar-refractivity contribution is 5.94. The zero-order valence-corrected chi connectivity index (χ0v) is 15.6. The number of carboxylic acid groups (broad SMARTS) is 1. The van der Waals surface area contributed by atoms with Gasteiger partial charge in [0, 0.05) is 25.2 Å². The largest absolute Gasteiger partial charge is 0.480 e. The number of aliphatic carboxylic acids is 1. The molecule has 0 unspecified atom stereocenters. The van der Waals surface area contributed by atoms with Crippen LogP contribution in [0.4, 0.5) is 0 Å². The first-order valence-corrected chi connectivity index (χ1v) is 9.16. The lowest BCUT2D eigenvalue weighted by Crippen LogP contribution is -2.40. The summed E-state index contributed by atoms with van der Waals surface area (Å²) in [6, 6.07) is 7.14. The van der Waals surface area contributed by atoms with Crippen LogP contribution in [0.25, 0.3) is 0 Å². The van der Waals surface area contributed by atoms with Crippen LogP contribution in [0.5, 0.6) is 0 Å². The van der Waals surface area contributed by atoms with Crippen molar-refractivity contribution in [3.05, 3.63) is 35.4 Å². The van der Waals surface area contributed by atoms with Crippen LogP contribution in [0, 0.1) is 0 Å². The average molecular weight is 377 g/mol. The van der Waals surface area contributed by atoms with Gasteiger partial charge in [-0.15, -0.1) is 0 Å². The number of carbonyl (C=O) groups excluding carboxylic acids is 2. The number of hydrogen-bond donors (Lipinski definition) is 2. The standard InChI is InChI=1S/C19H27N3O5/c1-2-7-21(14-18(24)25)13-17(23)20-12-15-3-5-16(6-4-15)19(26)22-8-10-27-11-9-22/h3-6H,2,7-14H2,1H3,(H,20,23)(H,24,25). The third-order valence-electron chi connectivity index (χ3n) is 4.25. The average Bonchev–Trinajstić information content (AvgIpc) is 2.66.